The summed E-state index contributed by atoms with van der Waals surface area (Å²) in [5.74, 6) is 1.74. The number of anilines is 1. The average Bonchev–Trinajstić information content (AvgIpc) is 2.36. The largest absolute Gasteiger partial charge is 0.384 e. The third-order valence-corrected chi connectivity index (χ3v) is 4.15. The second kappa shape index (κ2) is 6.23. The molecular formula is C13H20N4OS. The van der Waals surface area contributed by atoms with Crippen LogP contribution < -0.4 is 5.73 Å². The van der Waals surface area contributed by atoms with Gasteiger partial charge in [0.15, 0.2) is 5.16 Å². The number of thioether (sulfide) groups is 1. The molecule has 0 spiro atoms. The first-order valence-electron chi connectivity index (χ1n) is 6.56. The Bertz CT molecular complexity index is 438. The van der Waals surface area contributed by atoms with Crippen molar-refractivity contribution in [2.45, 2.75) is 31.8 Å². The van der Waals surface area contributed by atoms with E-state index >= 15 is 0 Å². The molecule has 0 bridgehead atoms. The predicted octanol–water partition coefficient (Wildman–Crippen LogP) is 1.72. The lowest BCUT2D eigenvalue weighted by atomic mass is 9.99. The van der Waals surface area contributed by atoms with E-state index in [4.69, 9.17) is 5.73 Å². The summed E-state index contributed by atoms with van der Waals surface area (Å²) >= 11 is 1.36. The lowest BCUT2D eigenvalue weighted by Gasteiger charge is -2.30. The summed E-state index contributed by atoms with van der Waals surface area (Å²) in [6, 6.07) is 1.72. The van der Waals surface area contributed by atoms with E-state index in [9.17, 15) is 4.79 Å². The molecule has 0 aliphatic carbocycles. The smallest absolute Gasteiger partial charge is 0.233 e. The number of nitrogens with zero attached hydrogens (tertiary/aromatic N) is 3. The van der Waals surface area contributed by atoms with Crippen LogP contribution in [0.3, 0.4) is 0 Å². The van der Waals surface area contributed by atoms with Gasteiger partial charge < -0.3 is 10.6 Å². The molecule has 0 aromatic carbocycles. The third kappa shape index (κ3) is 4.09. The Morgan fingerprint density at radius 3 is 2.79 bits per heavy atom. The fourth-order valence-corrected chi connectivity index (χ4v) is 2.92. The number of likely N-dealkylation sites (tertiary alicyclic amines) is 1. The maximum absolute atomic E-state index is 12.1. The fourth-order valence-electron chi connectivity index (χ4n) is 2.10. The van der Waals surface area contributed by atoms with Crippen LogP contribution in [0.25, 0.3) is 0 Å². The van der Waals surface area contributed by atoms with Crippen LogP contribution in [0.5, 0.6) is 0 Å². The monoisotopic (exact) mass is 280 g/mol. The molecule has 1 fully saturated rings. The highest BCUT2D eigenvalue weighted by Crippen LogP contribution is 2.19. The molecule has 104 valence electrons. The summed E-state index contributed by atoms with van der Waals surface area (Å²) < 4.78 is 0. The number of hydrogen-bond donors (Lipinski definition) is 1. The van der Waals surface area contributed by atoms with Gasteiger partial charge in [0, 0.05) is 24.8 Å². The molecule has 0 atom stereocenters. The Labute approximate surface area is 118 Å². The van der Waals surface area contributed by atoms with Gasteiger partial charge in [0.1, 0.15) is 5.82 Å². The number of piperidine rings is 1. The highest BCUT2D eigenvalue weighted by atomic mass is 32.2. The summed E-state index contributed by atoms with van der Waals surface area (Å²) in [6.07, 6.45) is 2.20. The maximum Gasteiger partial charge on any atom is 0.233 e. The molecule has 19 heavy (non-hydrogen) atoms. The maximum atomic E-state index is 12.1. The molecule has 5 nitrogen and oxygen atoms in total. The number of nitrogens with two attached hydrogens (primary N) is 1. The topological polar surface area (TPSA) is 72.1 Å². The molecule has 2 heterocycles. The first-order chi connectivity index (χ1) is 9.04. The van der Waals surface area contributed by atoms with E-state index in [2.05, 4.69) is 16.9 Å². The SMILES string of the molecule is Cc1cc(N)nc(SCC(=O)N2CCC(C)CC2)n1. The summed E-state index contributed by atoms with van der Waals surface area (Å²) in [5.41, 5.74) is 6.49. The molecule has 6 heteroatoms. The van der Waals surface area contributed by atoms with Gasteiger partial charge in [0.2, 0.25) is 5.91 Å². The van der Waals surface area contributed by atoms with Crippen molar-refractivity contribution in [2.24, 2.45) is 5.92 Å². The van der Waals surface area contributed by atoms with Crippen molar-refractivity contribution >= 4 is 23.5 Å². The highest BCUT2D eigenvalue weighted by Gasteiger charge is 2.20. The van der Waals surface area contributed by atoms with Gasteiger partial charge in [-0.3, -0.25) is 4.79 Å². The summed E-state index contributed by atoms with van der Waals surface area (Å²) in [4.78, 5) is 22.4. The zero-order chi connectivity index (χ0) is 13.8. The number of amides is 1. The van der Waals surface area contributed by atoms with Crippen molar-refractivity contribution < 1.29 is 4.79 Å². The third-order valence-electron chi connectivity index (χ3n) is 3.31. The Morgan fingerprint density at radius 1 is 1.47 bits per heavy atom. The van der Waals surface area contributed by atoms with Crippen molar-refractivity contribution in [1.82, 2.24) is 14.9 Å². The standard InChI is InChI=1S/C13H20N4OS/c1-9-3-5-17(6-4-9)12(18)8-19-13-15-10(2)7-11(14)16-13/h7,9H,3-6,8H2,1-2H3,(H2,14,15,16). The van der Waals surface area contributed by atoms with Gasteiger partial charge in [0.25, 0.3) is 0 Å². The Balaban J connectivity index is 1.86. The Kier molecular flexibility index (Phi) is 4.63. The number of aromatic nitrogens is 2. The van der Waals surface area contributed by atoms with E-state index < -0.39 is 0 Å². The van der Waals surface area contributed by atoms with Crippen molar-refractivity contribution in [2.75, 3.05) is 24.6 Å². The molecule has 1 aliphatic rings. The molecule has 2 N–H and O–H groups in total. The van der Waals surface area contributed by atoms with Gasteiger partial charge in [-0.25, -0.2) is 9.97 Å². The van der Waals surface area contributed by atoms with Crippen LogP contribution in [0.2, 0.25) is 0 Å². The molecular weight excluding hydrogens is 260 g/mol. The molecule has 2 rings (SSSR count). The second-order valence-corrected chi connectivity index (χ2v) is 6.01. The molecule has 1 saturated heterocycles. The van der Waals surface area contributed by atoms with E-state index in [1.165, 1.54) is 11.8 Å². The molecule has 0 radical (unpaired) electrons. The predicted molar refractivity (Wildman–Crippen MR) is 76.9 cm³/mol. The molecule has 1 amide bonds. The zero-order valence-corrected chi connectivity index (χ0v) is 12.2. The minimum atomic E-state index is 0.167. The normalized spacial score (nSPS) is 16.6. The number of carbonyl (C=O) groups excluding carboxylic acids is 1. The highest BCUT2D eigenvalue weighted by molar-refractivity contribution is 7.99. The fraction of sp³-hybridized carbons (Fsp3) is 0.615. The number of aryl methyl sites for hydroxylation is 1. The number of carbonyl (C=O) groups is 1. The molecule has 0 unspecified atom stereocenters. The Hall–Kier alpha value is -1.30. The van der Waals surface area contributed by atoms with Gasteiger partial charge >= 0.3 is 0 Å². The van der Waals surface area contributed by atoms with Crippen LogP contribution in [0, 0.1) is 12.8 Å². The van der Waals surface area contributed by atoms with Crippen molar-refractivity contribution in [3.8, 4) is 0 Å². The van der Waals surface area contributed by atoms with E-state index in [0.717, 1.165) is 37.5 Å². The summed E-state index contributed by atoms with van der Waals surface area (Å²) in [6.45, 7) is 5.85. The van der Waals surface area contributed by atoms with Crippen LogP contribution in [-0.2, 0) is 4.79 Å². The minimum absolute atomic E-state index is 0.167. The van der Waals surface area contributed by atoms with Crippen molar-refractivity contribution in [1.29, 1.82) is 0 Å². The number of rotatable bonds is 3. The number of nitrogen functional groups attached to an aromatic ring is 1. The first kappa shape index (κ1) is 14.1. The van der Waals surface area contributed by atoms with E-state index in [1.54, 1.807) is 6.07 Å². The van der Waals surface area contributed by atoms with Crippen LogP contribution in [0.4, 0.5) is 5.82 Å². The van der Waals surface area contributed by atoms with Gasteiger partial charge in [-0.2, -0.15) is 0 Å². The van der Waals surface area contributed by atoms with Gasteiger partial charge in [-0.15, -0.1) is 0 Å². The first-order valence-corrected chi connectivity index (χ1v) is 7.55. The van der Waals surface area contributed by atoms with Crippen LogP contribution >= 0.6 is 11.8 Å². The Morgan fingerprint density at radius 2 is 2.16 bits per heavy atom. The van der Waals surface area contributed by atoms with Crippen LogP contribution in [0.1, 0.15) is 25.5 Å². The molecule has 1 aromatic heterocycles. The minimum Gasteiger partial charge on any atom is -0.384 e. The van der Waals surface area contributed by atoms with E-state index in [-0.39, 0.29) is 5.91 Å². The molecule has 1 aromatic rings. The van der Waals surface area contributed by atoms with Crippen LogP contribution in [0.15, 0.2) is 11.2 Å². The summed E-state index contributed by atoms with van der Waals surface area (Å²) in [7, 11) is 0. The number of hydrogen-bond acceptors (Lipinski definition) is 5. The molecule has 1 aliphatic heterocycles. The average molecular weight is 280 g/mol. The zero-order valence-electron chi connectivity index (χ0n) is 11.4. The van der Waals surface area contributed by atoms with E-state index in [1.807, 2.05) is 11.8 Å². The quantitative estimate of drug-likeness (QED) is 0.674. The van der Waals surface area contributed by atoms with Gasteiger partial charge in [0.05, 0.1) is 5.75 Å². The molecule has 0 saturated carbocycles. The van der Waals surface area contributed by atoms with Crippen molar-refractivity contribution in [3.63, 3.8) is 0 Å². The van der Waals surface area contributed by atoms with Crippen molar-refractivity contribution in [3.05, 3.63) is 11.8 Å². The van der Waals surface area contributed by atoms with Gasteiger partial charge in [-0.05, 0) is 25.7 Å². The summed E-state index contributed by atoms with van der Waals surface area (Å²) in [5, 5.41) is 0.580. The lowest BCUT2D eigenvalue weighted by Crippen LogP contribution is -2.38. The lowest BCUT2D eigenvalue weighted by molar-refractivity contribution is -0.129. The van der Waals surface area contributed by atoms with E-state index in [0.29, 0.717) is 16.7 Å². The van der Waals surface area contributed by atoms with Gasteiger partial charge in [-0.1, -0.05) is 18.7 Å². The second-order valence-electron chi connectivity index (χ2n) is 5.07. The van der Waals surface area contributed by atoms with Crippen LogP contribution in [-0.4, -0.2) is 39.6 Å².